The molecule has 0 saturated heterocycles. The number of para-hydroxylation sites is 1. The number of aromatic amines is 1. The second kappa shape index (κ2) is 6.68. The Kier molecular flexibility index (Phi) is 4.22. The van der Waals surface area contributed by atoms with Crippen LogP contribution in [0.25, 0.3) is 21.5 Å². The van der Waals surface area contributed by atoms with Gasteiger partial charge in [0.25, 0.3) is 5.91 Å². The predicted molar refractivity (Wildman–Crippen MR) is 96.9 cm³/mol. The van der Waals surface area contributed by atoms with Gasteiger partial charge in [-0.2, -0.15) is 5.10 Å². The van der Waals surface area contributed by atoms with Crippen molar-refractivity contribution in [2.24, 2.45) is 0 Å². The molecule has 4 aromatic rings. The molecule has 4 nitrogen and oxygen atoms in total. The van der Waals surface area contributed by atoms with Gasteiger partial charge in [-0.3, -0.25) is 9.89 Å². The van der Waals surface area contributed by atoms with E-state index in [0.29, 0.717) is 5.56 Å². The zero-order valence-electron chi connectivity index (χ0n) is 13.4. The minimum atomic E-state index is -0.681. The van der Waals surface area contributed by atoms with Crippen LogP contribution in [0.2, 0.25) is 0 Å². The first-order chi connectivity index (χ1) is 12.6. The first-order valence-electron chi connectivity index (χ1n) is 7.86. The molecule has 7 heteroatoms. The fourth-order valence-corrected chi connectivity index (χ4v) is 3.59. The van der Waals surface area contributed by atoms with Crippen molar-refractivity contribution in [3.8, 4) is 10.6 Å². The molecule has 4 rings (SSSR count). The lowest BCUT2D eigenvalue weighted by Gasteiger charge is -2.06. The fourth-order valence-electron chi connectivity index (χ4n) is 2.70. The highest BCUT2D eigenvalue weighted by Crippen LogP contribution is 2.31. The van der Waals surface area contributed by atoms with E-state index in [1.807, 2.05) is 24.3 Å². The van der Waals surface area contributed by atoms with Crippen LogP contribution in [-0.4, -0.2) is 16.1 Å². The SMILES string of the molecule is O=C(NCc1c(F)cccc1F)c1csc(-c2n[nH]c3ccccc23)c1. The van der Waals surface area contributed by atoms with Crippen molar-refractivity contribution < 1.29 is 13.6 Å². The monoisotopic (exact) mass is 369 g/mol. The molecule has 0 aliphatic heterocycles. The summed E-state index contributed by atoms with van der Waals surface area (Å²) in [5.74, 6) is -1.76. The number of carbonyl (C=O) groups is 1. The quantitative estimate of drug-likeness (QED) is 0.556. The van der Waals surface area contributed by atoms with Gasteiger partial charge in [0.15, 0.2) is 0 Å². The van der Waals surface area contributed by atoms with Crippen LogP contribution in [0, 0.1) is 11.6 Å². The maximum absolute atomic E-state index is 13.6. The number of nitrogens with zero attached hydrogens (tertiary/aromatic N) is 1. The Morgan fingerprint density at radius 1 is 1.12 bits per heavy atom. The van der Waals surface area contributed by atoms with Gasteiger partial charge in [-0.25, -0.2) is 8.78 Å². The van der Waals surface area contributed by atoms with Crippen LogP contribution < -0.4 is 5.32 Å². The third kappa shape index (κ3) is 2.97. The fraction of sp³-hybridized carbons (Fsp3) is 0.0526. The molecular formula is C19H13F2N3OS. The molecule has 2 heterocycles. The predicted octanol–water partition coefficient (Wildman–Crippen LogP) is 4.50. The van der Waals surface area contributed by atoms with Crippen LogP contribution in [0.4, 0.5) is 8.78 Å². The third-order valence-electron chi connectivity index (χ3n) is 4.05. The van der Waals surface area contributed by atoms with E-state index < -0.39 is 17.5 Å². The largest absolute Gasteiger partial charge is 0.348 e. The van der Waals surface area contributed by atoms with Gasteiger partial charge in [0.2, 0.25) is 0 Å². The van der Waals surface area contributed by atoms with E-state index in [0.717, 1.165) is 33.6 Å². The van der Waals surface area contributed by atoms with Crippen molar-refractivity contribution >= 4 is 28.1 Å². The lowest BCUT2D eigenvalue weighted by molar-refractivity contribution is 0.0950. The maximum atomic E-state index is 13.6. The Morgan fingerprint density at radius 2 is 1.88 bits per heavy atom. The van der Waals surface area contributed by atoms with Crippen LogP contribution in [0.1, 0.15) is 15.9 Å². The Morgan fingerprint density at radius 3 is 2.69 bits per heavy atom. The van der Waals surface area contributed by atoms with E-state index in [-0.39, 0.29) is 12.1 Å². The summed E-state index contributed by atoms with van der Waals surface area (Å²) in [4.78, 5) is 13.1. The lowest BCUT2D eigenvalue weighted by atomic mass is 10.1. The summed E-state index contributed by atoms with van der Waals surface area (Å²) in [6, 6.07) is 13.1. The number of benzene rings is 2. The molecule has 2 aromatic heterocycles. The summed E-state index contributed by atoms with van der Waals surface area (Å²) in [5, 5.41) is 12.5. The topological polar surface area (TPSA) is 57.8 Å². The zero-order valence-corrected chi connectivity index (χ0v) is 14.2. The molecular weight excluding hydrogens is 356 g/mol. The number of H-pyrrole nitrogens is 1. The molecule has 0 radical (unpaired) electrons. The van der Waals surface area contributed by atoms with Crippen molar-refractivity contribution in [1.29, 1.82) is 0 Å². The summed E-state index contributed by atoms with van der Waals surface area (Å²) in [5.41, 5.74) is 1.95. The Bertz CT molecular complexity index is 1080. The van der Waals surface area contributed by atoms with E-state index in [4.69, 9.17) is 0 Å². The average Bonchev–Trinajstić information content (AvgIpc) is 3.28. The first-order valence-corrected chi connectivity index (χ1v) is 8.74. The Hall–Kier alpha value is -3.06. The number of nitrogens with one attached hydrogen (secondary N) is 2. The number of rotatable bonds is 4. The highest BCUT2D eigenvalue weighted by Gasteiger charge is 2.15. The normalized spacial score (nSPS) is 11.0. The van der Waals surface area contributed by atoms with Crippen molar-refractivity contribution in [1.82, 2.24) is 15.5 Å². The van der Waals surface area contributed by atoms with Gasteiger partial charge in [-0.1, -0.05) is 24.3 Å². The van der Waals surface area contributed by atoms with E-state index in [1.54, 1.807) is 11.4 Å². The van der Waals surface area contributed by atoms with Crippen molar-refractivity contribution in [3.63, 3.8) is 0 Å². The molecule has 2 N–H and O–H groups in total. The summed E-state index contributed by atoms with van der Waals surface area (Å²) in [7, 11) is 0. The number of aromatic nitrogens is 2. The lowest BCUT2D eigenvalue weighted by Crippen LogP contribution is -2.23. The maximum Gasteiger partial charge on any atom is 0.252 e. The van der Waals surface area contributed by atoms with Crippen LogP contribution in [-0.2, 0) is 6.54 Å². The molecule has 2 aromatic carbocycles. The van der Waals surface area contributed by atoms with Crippen LogP contribution >= 0.6 is 11.3 Å². The number of halogens is 2. The van der Waals surface area contributed by atoms with Gasteiger partial charge >= 0.3 is 0 Å². The van der Waals surface area contributed by atoms with Crippen molar-refractivity contribution in [2.45, 2.75) is 6.54 Å². The molecule has 0 bridgehead atoms. The Balaban J connectivity index is 1.53. The number of fused-ring (bicyclic) bond motifs is 1. The summed E-state index contributed by atoms with van der Waals surface area (Å²) >= 11 is 1.39. The second-order valence-corrected chi connectivity index (χ2v) is 6.61. The van der Waals surface area contributed by atoms with Crippen LogP contribution in [0.5, 0.6) is 0 Å². The van der Waals surface area contributed by atoms with Gasteiger partial charge < -0.3 is 5.32 Å². The van der Waals surface area contributed by atoms with Gasteiger partial charge in [-0.15, -0.1) is 11.3 Å². The van der Waals surface area contributed by atoms with Gasteiger partial charge in [0, 0.05) is 22.9 Å². The minimum Gasteiger partial charge on any atom is -0.348 e. The number of hydrogen-bond donors (Lipinski definition) is 2. The van der Waals surface area contributed by atoms with E-state index in [9.17, 15) is 13.6 Å². The highest BCUT2D eigenvalue weighted by atomic mass is 32.1. The molecule has 0 aliphatic rings. The van der Waals surface area contributed by atoms with Gasteiger partial charge in [0.1, 0.15) is 17.3 Å². The second-order valence-electron chi connectivity index (χ2n) is 5.70. The summed E-state index contributed by atoms with van der Waals surface area (Å²) in [6.07, 6.45) is 0. The highest BCUT2D eigenvalue weighted by molar-refractivity contribution is 7.14. The molecule has 26 heavy (non-hydrogen) atoms. The number of hydrogen-bond acceptors (Lipinski definition) is 3. The Labute approximate surface area is 151 Å². The number of thiophene rings is 1. The number of carbonyl (C=O) groups excluding carboxylic acids is 1. The molecule has 0 unspecified atom stereocenters. The average molecular weight is 369 g/mol. The zero-order chi connectivity index (χ0) is 18.1. The standard InChI is InChI=1S/C19H13F2N3OS/c20-14-5-3-6-15(21)13(14)9-22-19(25)11-8-17(26-10-11)18-12-4-1-2-7-16(12)23-24-18/h1-8,10H,9H2,(H,22,25)(H,23,24). The third-order valence-corrected chi connectivity index (χ3v) is 4.99. The van der Waals surface area contributed by atoms with Crippen molar-refractivity contribution in [2.75, 3.05) is 0 Å². The van der Waals surface area contributed by atoms with Crippen molar-refractivity contribution in [3.05, 3.63) is 76.7 Å². The van der Waals surface area contributed by atoms with E-state index in [1.165, 1.54) is 17.4 Å². The van der Waals surface area contributed by atoms with Gasteiger partial charge in [-0.05, 0) is 24.3 Å². The van der Waals surface area contributed by atoms with Crippen LogP contribution in [0.15, 0.2) is 53.9 Å². The summed E-state index contributed by atoms with van der Waals surface area (Å²) < 4.78 is 27.3. The number of amides is 1. The van der Waals surface area contributed by atoms with E-state index >= 15 is 0 Å². The summed E-state index contributed by atoms with van der Waals surface area (Å²) in [6.45, 7) is -0.214. The molecule has 130 valence electrons. The molecule has 0 fully saturated rings. The molecule has 0 atom stereocenters. The van der Waals surface area contributed by atoms with Gasteiger partial charge in [0.05, 0.1) is 16.0 Å². The molecule has 0 spiro atoms. The molecule has 0 saturated carbocycles. The first kappa shape index (κ1) is 16.4. The van der Waals surface area contributed by atoms with E-state index in [2.05, 4.69) is 15.5 Å². The minimum absolute atomic E-state index is 0.158. The molecule has 1 amide bonds. The van der Waals surface area contributed by atoms with Crippen LogP contribution in [0.3, 0.4) is 0 Å². The molecule has 0 aliphatic carbocycles. The smallest absolute Gasteiger partial charge is 0.252 e.